The third-order valence-corrected chi connectivity index (χ3v) is 5.84. The van der Waals surface area contributed by atoms with Gasteiger partial charge in [-0.15, -0.1) is 0 Å². The molecule has 0 aromatic rings. The van der Waals surface area contributed by atoms with Gasteiger partial charge in [0.1, 0.15) is 0 Å². The lowest BCUT2D eigenvalue weighted by atomic mass is 9.89. The number of rotatable bonds is 3. The van der Waals surface area contributed by atoms with Gasteiger partial charge in [-0.25, -0.2) is 4.79 Å². The van der Waals surface area contributed by atoms with Crippen LogP contribution < -0.4 is 0 Å². The zero-order chi connectivity index (χ0) is 22.0. The lowest BCUT2D eigenvalue weighted by molar-refractivity contribution is -0.308. The second-order valence-corrected chi connectivity index (χ2v) is 8.18. The van der Waals surface area contributed by atoms with Crippen molar-refractivity contribution >= 4 is 6.09 Å². The molecule has 0 aromatic carbocycles. The minimum absolute atomic E-state index is 0.0261. The van der Waals surface area contributed by atoms with Crippen LogP contribution in [0.4, 0.5) is 31.1 Å². The van der Waals surface area contributed by atoms with Gasteiger partial charge in [0.25, 0.3) is 6.10 Å². The van der Waals surface area contributed by atoms with Crippen molar-refractivity contribution < 1.29 is 45.3 Å². The molecule has 0 N–H and O–H groups in total. The molecular weight excluding hydrogens is 422 g/mol. The number of hydrogen-bond acceptors (Lipinski definition) is 5. The summed E-state index contributed by atoms with van der Waals surface area (Å²) in [4.78, 5) is 15.1. The first-order valence-electron chi connectivity index (χ1n) is 10.0. The number of likely N-dealkylation sites (tertiary alicyclic amines) is 1. The van der Waals surface area contributed by atoms with Crippen molar-refractivity contribution in [3.8, 4) is 0 Å². The number of hydrogen-bond donors (Lipinski definition) is 0. The van der Waals surface area contributed by atoms with E-state index in [9.17, 15) is 31.1 Å². The van der Waals surface area contributed by atoms with E-state index in [1.54, 1.807) is 0 Å². The Morgan fingerprint density at radius 1 is 1.07 bits per heavy atom. The highest BCUT2D eigenvalue weighted by atomic mass is 19.4. The topological polar surface area (TPSA) is 51.2 Å². The largest absolute Gasteiger partial charge is 0.434 e. The molecule has 3 aliphatic heterocycles. The van der Waals surface area contributed by atoms with E-state index in [0.717, 1.165) is 37.4 Å². The van der Waals surface area contributed by atoms with Crippen LogP contribution in [0.1, 0.15) is 25.7 Å². The highest BCUT2D eigenvalue weighted by Gasteiger charge is 2.60. The van der Waals surface area contributed by atoms with E-state index in [1.807, 2.05) is 0 Å². The van der Waals surface area contributed by atoms with Crippen molar-refractivity contribution in [2.75, 3.05) is 52.5 Å². The molecule has 0 radical (unpaired) electrons. The third kappa shape index (κ3) is 5.91. The molecule has 0 aliphatic carbocycles. The van der Waals surface area contributed by atoms with E-state index in [2.05, 4.69) is 9.64 Å². The maximum absolute atomic E-state index is 12.6. The fourth-order valence-electron chi connectivity index (χ4n) is 4.29. The monoisotopic (exact) mass is 448 g/mol. The number of ether oxygens (including phenoxy) is 3. The van der Waals surface area contributed by atoms with Crippen LogP contribution >= 0.6 is 0 Å². The molecule has 12 heteroatoms. The van der Waals surface area contributed by atoms with Gasteiger partial charge in [-0.3, -0.25) is 4.90 Å². The van der Waals surface area contributed by atoms with Gasteiger partial charge in [0.15, 0.2) is 0 Å². The standard InChI is InChI=1S/C18H26F6N2O4/c19-17(20,21)14(18(22,23)24)30-15(27)26-5-3-16(4-6-26)12-25(7-9-29-16)10-13-2-1-8-28-11-13/h13-14H,1-12H2. The Morgan fingerprint density at radius 3 is 2.30 bits per heavy atom. The molecular formula is C18H26F6N2O4. The lowest BCUT2D eigenvalue weighted by Crippen LogP contribution is -2.58. The maximum atomic E-state index is 12.6. The van der Waals surface area contributed by atoms with Gasteiger partial charge in [0.05, 0.1) is 18.8 Å². The quantitative estimate of drug-likeness (QED) is 0.621. The first-order valence-corrected chi connectivity index (χ1v) is 10.0. The summed E-state index contributed by atoms with van der Waals surface area (Å²) in [5, 5.41) is 0. The molecule has 30 heavy (non-hydrogen) atoms. The van der Waals surface area contributed by atoms with E-state index in [0.29, 0.717) is 38.5 Å². The fraction of sp³-hybridized carbons (Fsp3) is 0.944. The van der Waals surface area contributed by atoms with Crippen molar-refractivity contribution in [1.82, 2.24) is 9.80 Å². The summed E-state index contributed by atoms with van der Waals surface area (Å²) in [6, 6.07) is 0. The second kappa shape index (κ2) is 9.07. The summed E-state index contributed by atoms with van der Waals surface area (Å²) < 4.78 is 90.9. The zero-order valence-electron chi connectivity index (χ0n) is 16.4. The average Bonchev–Trinajstić information content (AvgIpc) is 2.66. The van der Waals surface area contributed by atoms with Crippen LogP contribution in [0.25, 0.3) is 0 Å². The molecule has 0 saturated carbocycles. The fourth-order valence-corrected chi connectivity index (χ4v) is 4.29. The van der Waals surface area contributed by atoms with Crippen LogP contribution in [0.3, 0.4) is 0 Å². The van der Waals surface area contributed by atoms with Crippen molar-refractivity contribution in [3.05, 3.63) is 0 Å². The van der Waals surface area contributed by atoms with Crippen LogP contribution in [0.15, 0.2) is 0 Å². The number of alkyl halides is 6. The minimum Gasteiger partial charge on any atom is -0.426 e. The van der Waals surface area contributed by atoms with E-state index >= 15 is 0 Å². The summed E-state index contributed by atoms with van der Waals surface area (Å²) in [6.45, 7) is 4.15. The van der Waals surface area contributed by atoms with E-state index in [-0.39, 0.29) is 13.1 Å². The summed E-state index contributed by atoms with van der Waals surface area (Å²) in [7, 11) is 0. The second-order valence-electron chi connectivity index (χ2n) is 8.18. The Morgan fingerprint density at radius 2 is 1.73 bits per heavy atom. The summed E-state index contributed by atoms with van der Waals surface area (Å²) >= 11 is 0. The number of piperidine rings is 1. The van der Waals surface area contributed by atoms with E-state index < -0.39 is 30.2 Å². The predicted octanol–water partition coefficient (Wildman–Crippen LogP) is 3.21. The normalized spacial score (nSPS) is 26.2. The summed E-state index contributed by atoms with van der Waals surface area (Å²) in [5.74, 6) is 0.436. The Bertz CT molecular complexity index is 572. The van der Waals surface area contributed by atoms with Crippen LogP contribution in [0, 0.1) is 5.92 Å². The van der Waals surface area contributed by atoms with Gasteiger partial charge in [-0.05, 0) is 31.6 Å². The molecule has 3 aliphatic rings. The van der Waals surface area contributed by atoms with Crippen molar-refractivity contribution in [2.45, 2.75) is 49.7 Å². The lowest BCUT2D eigenvalue weighted by Gasteiger charge is -2.47. The number of amides is 1. The Hall–Kier alpha value is -1.27. The van der Waals surface area contributed by atoms with Crippen LogP contribution in [-0.2, 0) is 14.2 Å². The van der Waals surface area contributed by atoms with Crippen LogP contribution in [-0.4, -0.2) is 92.5 Å². The van der Waals surface area contributed by atoms with Gasteiger partial charge in [0.2, 0.25) is 0 Å². The number of morpholine rings is 1. The molecule has 1 amide bonds. The molecule has 3 heterocycles. The summed E-state index contributed by atoms with van der Waals surface area (Å²) in [5.41, 5.74) is -0.558. The SMILES string of the molecule is O=C(OC(C(F)(F)F)C(F)(F)F)N1CCC2(CC1)CN(CC1CCCOC1)CCO2. The zero-order valence-corrected chi connectivity index (χ0v) is 16.4. The third-order valence-electron chi connectivity index (χ3n) is 5.84. The number of halogens is 6. The van der Waals surface area contributed by atoms with Crippen LogP contribution in [0.5, 0.6) is 0 Å². The molecule has 1 spiro atoms. The van der Waals surface area contributed by atoms with Crippen molar-refractivity contribution in [3.63, 3.8) is 0 Å². The molecule has 3 fully saturated rings. The van der Waals surface area contributed by atoms with Crippen LogP contribution in [0.2, 0.25) is 0 Å². The number of carbonyl (C=O) groups is 1. The van der Waals surface area contributed by atoms with E-state index in [1.165, 1.54) is 0 Å². The molecule has 1 atom stereocenters. The highest BCUT2D eigenvalue weighted by Crippen LogP contribution is 2.37. The summed E-state index contributed by atoms with van der Waals surface area (Å²) in [6.07, 6.45) is -14.4. The Kier molecular flexibility index (Phi) is 7.08. The Labute approximate surface area is 170 Å². The van der Waals surface area contributed by atoms with Gasteiger partial charge in [-0.2, -0.15) is 26.3 Å². The Balaban J connectivity index is 1.52. The molecule has 3 saturated heterocycles. The van der Waals surface area contributed by atoms with Gasteiger partial charge in [-0.1, -0.05) is 0 Å². The number of carbonyl (C=O) groups excluding carboxylic acids is 1. The first-order chi connectivity index (χ1) is 14.0. The molecule has 1 unspecified atom stereocenters. The minimum atomic E-state index is -5.72. The van der Waals surface area contributed by atoms with Gasteiger partial charge >= 0.3 is 18.4 Å². The van der Waals surface area contributed by atoms with Crippen molar-refractivity contribution in [2.24, 2.45) is 5.92 Å². The number of nitrogens with zero attached hydrogens (tertiary/aromatic N) is 2. The first kappa shape index (κ1) is 23.4. The molecule has 0 bridgehead atoms. The van der Waals surface area contributed by atoms with E-state index in [4.69, 9.17) is 9.47 Å². The van der Waals surface area contributed by atoms with Gasteiger partial charge < -0.3 is 19.1 Å². The highest BCUT2D eigenvalue weighted by molar-refractivity contribution is 5.68. The van der Waals surface area contributed by atoms with Gasteiger partial charge in [0, 0.05) is 39.3 Å². The van der Waals surface area contributed by atoms with Crippen molar-refractivity contribution in [1.29, 1.82) is 0 Å². The molecule has 6 nitrogen and oxygen atoms in total. The smallest absolute Gasteiger partial charge is 0.426 e. The molecule has 0 aromatic heterocycles. The predicted molar refractivity (Wildman–Crippen MR) is 91.9 cm³/mol. The maximum Gasteiger partial charge on any atom is 0.434 e. The molecule has 3 rings (SSSR count). The molecule has 174 valence electrons. The average molecular weight is 448 g/mol.